The van der Waals surface area contributed by atoms with Gasteiger partial charge in [-0.25, -0.2) is 0 Å². The van der Waals surface area contributed by atoms with Crippen molar-refractivity contribution >= 4 is 11.8 Å². The molecule has 0 spiro atoms. The predicted molar refractivity (Wildman–Crippen MR) is 87.2 cm³/mol. The van der Waals surface area contributed by atoms with Crippen LogP contribution in [0.2, 0.25) is 0 Å². The van der Waals surface area contributed by atoms with Crippen LogP contribution in [0.1, 0.15) is 18.9 Å². The number of nitrogens with one attached hydrogen (secondary N) is 1. The van der Waals surface area contributed by atoms with Crippen LogP contribution in [0.4, 0.5) is 0 Å². The van der Waals surface area contributed by atoms with Crippen molar-refractivity contribution in [2.24, 2.45) is 0 Å². The van der Waals surface area contributed by atoms with Crippen LogP contribution in [-0.2, 0) is 6.42 Å². The molecule has 1 N–H and O–H groups in total. The highest BCUT2D eigenvalue weighted by atomic mass is 32.2. The lowest BCUT2D eigenvalue weighted by Crippen LogP contribution is -2.34. The van der Waals surface area contributed by atoms with Gasteiger partial charge >= 0.3 is 0 Å². The van der Waals surface area contributed by atoms with Crippen LogP contribution < -0.4 is 5.32 Å². The molecule has 0 amide bonds. The van der Waals surface area contributed by atoms with E-state index in [1.807, 2.05) is 30.2 Å². The van der Waals surface area contributed by atoms with Crippen LogP contribution in [0.25, 0.3) is 0 Å². The Balaban J connectivity index is 1.89. The van der Waals surface area contributed by atoms with Crippen molar-refractivity contribution in [3.8, 4) is 0 Å². The van der Waals surface area contributed by atoms with Crippen molar-refractivity contribution in [2.75, 3.05) is 12.3 Å². The first kappa shape index (κ1) is 15.1. The third-order valence-electron chi connectivity index (χ3n) is 3.08. The Morgan fingerprint density at radius 3 is 2.70 bits per heavy atom. The van der Waals surface area contributed by atoms with E-state index in [2.05, 4.69) is 53.6 Å². The summed E-state index contributed by atoms with van der Waals surface area (Å²) in [4.78, 5) is 5.54. The molecule has 0 aliphatic heterocycles. The molecule has 3 heteroatoms. The van der Waals surface area contributed by atoms with Crippen LogP contribution in [0, 0.1) is 0 Å². The molecule has 0 fully saturated rings. The van der Waals surface area contributed by atoms with Gasteiger partial charge in [0.05, 0.1) is 0 Å². The lowest BCUT2D eigenvalue weighted by atomic mass is 10.1. The summed E-state index contributed by atoms with van der Waals surface area (Å²) in [5.74, 6) is 1.08. The van der Waals surface area contributed by atoms with E-state index in [0.29, 0.717) is 6.04 Å². The second-order valence-corrected chi connectivity index (χ2v) is 5.93. The van der Waals surface area contributed by atoms with Crippen LogP contribution in [0.3, 0.4) is 0 Å². The highest BCUT2D eigenvalue weighted by molar-refractivity contribution is 7.99. The Morgan fingerprint density at radius 1 is 1.15 bits per heavy atom. The van der Waals surface area contributed by atoms with Gasteiger partial charge in [0, 0.05) is 29.1 Å². The summed E-state index contributed by atoms with van der Waals surface area (Å²) in [7, 11) is 0. The predicted octanol–water partition coefficient (Wildman–Crippen LogP) is 3.78. The molecule has 0 saturated carbocycles. The number of hydrogen-bond acceptors (Lipinski definition) is 3. The number of thioether (sulfide) groups is 1. The number of hydrogen-bond donors (Lipinski definition) is 1. The van der Waals surface area contributed by atoms with E-state index in [0.717, 1.165) is 18.7 Å². The van der Waals surface area contributed by atoms with E-state index in [1.165, 1.54) is 16.9 Å². The fourth-order valence-electron chi connectivity index (χ4n) is 2.06. The van der Waals surface area contributed by atoms with Gasteiger partial charge in [-0.2, -0.15) is 0 Å². The van der Waals surface area contributed by atoms with Crippen LogP contribution in [0.15, 0.2) is 59.8 Å². The summed E-state index contributed by atoms with van der Waals surface area (Å²) in [6.07, 6.45) is 6.00. The van der Waals surface area contributed by atoms with Crippen LogP contribution in [0.5, 0.6) is 0 Å². The minimum Gasteiger partial charge on any atom is -0.313 e. The van der Waals surface area contributed by atoms with Crippen molar-refractivity contribution in [2.45, 2.75) is 30.7 Å². The summed E-state index contributed by atoms with van der Waals surface area (Å²) in [5.41, 5.74) is 1.30. The average molecular weight is 286 g/mol. The molecule has 1 aromatic carbocycles. The van der Waals surface area contributed by atoms with Gasteiger partial charge in [-0.15, -0.1) is 11.8 Å². The Morgan fingerprint density at radius 2 is 2.00 bits per heavy atom. The number of aromatic nitrogens is 1. The first-order chi connectivity index (χ1) is 9.88. The standard InChI is InChI=1S/C17H22N2S/c1-2-10-19-16(12-15-7-6-11-18-13-15)14-20-17-8-4-3-5-9-17/h3-9,11,13,16,19H,2,10,12,14H2,1H3. The van der Waals surface area contributed by atoms with Crippen molar-refractivity contribution in [1.29, 1.82) is 0 Å². The highest BCUT2D eigenvalue weighted by Gasteiger charge is 2.09. The minimum atomic E-state index is 0.490. The Hall–Kier alpha value is -1.32. The van der Waals surface area contributed by atoms with E-state index in [-0.39, 0.29) is 0 Å². The molecular weight excluding hydrogens is 264 g/mol. The Labute approximate surface area is 126 Å². The van der Waals surface area contributed by atoms with Gasteiger partial charge in [0.1, 0.15) is 0 Å². The molecule has 0 saturated heterocycles. The molecule has 2 nitrogen and oxygen atoms in total. The normalized spacial score (nSPS) is 12.2. The molecule has 20 heavy (non-hydrogen) atoms. The Bertz CT molecular complexity index is 473. The van der Waals surface area contributed by atoms with Crippen LogP contribution in [-0.4, -0.2) is 23.3 Å². The zero-order valence-electron chi connectivity index (χ0n) is 12.0. The fraction of sp³-hybridized carbons (Fsp3) is 0.353. The molecule has 1 unspecified atom stereocenters. The van der Waals surface area contributed by atoms with Crippen molar-refractivity contribution < 1.29 is 0 Å². The third-order valence-corrected chi connectivity index (χ3v) is 4.26. The van der Waals surface area contributed by atoms with Gasteiger partial charge in [-0.1, -0.05) is 31.2 Å². The lowest BCUT2D eigenvalue weighted by Gasteiger charge is -2.18. The largest absolute Gasteiger partial charge is 0.313 e. The molecule has 1 aromatic heterocycles. The van der Waals surface area contributed by atoms with E-state index in [1.54, 1.807) is 0 Å². The van der Waals surface area contributed by atoms with Gasteiger partial charge in [-0.3, -0.25) is 4.98 Å². The minimum absolute atomic E-state index is 0.490. The maximum atomic E-state index is 4.20. The summed E-state index contributed by atoms with van der Waals surface area (Å²) in [6.45, 7) is 3.28. The van der Waals surface area contributed by atoms with Gasteiger partial charge in [0.25, 0.3) is 0 Å². The molecule has 0 aliphatic carbocycles. The first-order valence-corrected chi connectivity index (χ1v) is 8.17. The summed E-state index contributed by atoms with van der Waals surface area (Å²) >= 11 is 1.92. The van der Waals surface area contributed by atoms with Gasteiger partial charge in [0.2, 0.25) is 0 Å². The fourth-order valence-corrected chi connectivity index (χ4v) is 3.03. The van der Waals surface area contributed by atoms with E-state index >= 15 is 0 Å². The van der Waals surface area contributed by atoms with E-state index in [9.17, 15) is 0 Å². The number of nitrogens with zero attached hydrogens (tertiary/aromatic N) is 1. The highest BCUT2D eigenvalue weighted by Crippen LogP contribution is 2.19. The maximum Gasteiger partial charge on any atom is 0.0300 e. The Kier molecular flexibility index (Phi) is 6.61. The monoisotopic (exact) mass is 286 g/mol. The molecular formula is C17H22N2S. The SMILES string of the molecule is CCCNC(CSc1ccccc1)Cc1cccnc1. The second-order valence-electron chi connectivity index (χ2n) is 4.84. The molecule has 1 heterocycles. The van der Waals surface area contributed by atoms with E-state index in [4.69, 9.17) is 0 Å². The van der Waals surface area contributed by atoms with Crippen molar-refractivity contribution in [3.05, 3.63) is 60.4 Å². The molecule has 0 bridgehead atoms. The van der Waals surface area contributed by atoms with E-state index < -0.39 is 0 Å². The molecule has 2 rings (SSSR count). The lowest BCUT2D eigenvalue weighted by molar-refractivity contribution is 0.549. The summed E-state index contributed by atoms with van der Waals surface area (Å²) in [6, 6.07) is 15.3. The summed E-state index contributed by atoms with van der Waals surface area (Å²) < 4.78 is 0. The van der Waals surface area contributed by atoms with Crippen molar-refractivity contribution in [1.82, 2.24) is 10.3 Å². The quantitative estimate of drug-likeness (QED) is 0.747. The molecule has 0 aliphatic rings. The molecule has 0 radical (unpaired) electrons. The first-order valence-electron chi connectivity index (χ1n) is 7.18. The topological polar surface area (TPSA) is 24.9 Å². The number of pyridine rings is 1. The molecule has 1 atom stereocenters. The number of rotatable bonds is 8. The second kappa shape index (κ2) is 8.77. The smallest absolute Gasteiger partial charge is 0.0300 e. The average Bonchev–Trinajstić information content (AvgIpc) is 2.52. The molecule has 2 aromatic rings. The number of benzene rings is 1. The van der Waals surface area contributed by atoms with Crippen LogP contribution >= 0.6 is 11.8 Å². The van der Waals surface area contributed by atoms with Gasteiger partial charge in [0.15, 0.2) is 0 Å². The summed E-state index contributed by atoms with van der Waals surface area (Å²) in [5, 5.41) is 3.64. The third kappa shape index (κ3) is 5.35. The van der Waals surface area contributed by atoms with Gasteiger partial charge < -0.3 is 5.32 Å². The van der Waals surface area contributed by atoms with Gasteiger partial charge in [-0.05, 0) is 43.1 Å². The molecule has 106 valence electrons. The zero-order valence-corrected chi connectivity index (χ0v) is 12.8. The van der Waals surface area contributed by atoms with Crippen molar-refractivity contribution in [3.63, 3.8) is 0 Å². The maximum absolute atomic E-state index is 4.20. The zero-order chi connectivity index (χ0) is 14.0.